The molecule has 0 radical (unpaired) electrons. The fraction of sp³-hybridized carbons (Fsp3) is 0.429. The number of hydrogen-bond donors (Lipinski definition) is 0. The molecule has 1 heterocycles. The van der Waals surface area contributed by atoms with Crippen molar-refractivity contribution in [2.24, 2.45) is 0 Å². The maximum Gasteiger partial charge on any atom is 1.00 e. The Morgan fingerprint density at radius 3 is 1.42 bits per heavy atom. The first kappa shape index (κ1) is 25.4. The quantitative estimate of drug-likeness (QED) is 0.420. The number of hydrogen-bond acceptors (Lipinski definition) is 2. The van der Waals surface area contributed by atoms with Crippen molar-refractivity contribution in [3.8, 4) is 0 Å². The van der Waals surface area contributed by atoms with Gasteiger partial charge >= 0.3 is 175 Å². The fourth-order valence-corrected chi connectivity index (χ4v) is 0.268. The molecule has 0 spiro atoms. The third-order valence-corrected chi connectivity index (χ3v) is 0.547. The van der Waals surface area contributed by atoms with Crippen LogP contribution in [0, 0.1) is 25.6 Å². The van der Waals surface area contributed by atoms with Crippen molar-refractivity contribution >= 4 is 0 Å². The van der Waals surface area contributed by atoms with E-state index in [0.717, 1.165) is 5.56 Å². The number of aryl methyl sites for hydroxylation is 1. The molecule has 0 unspecified atom stereocenters. The van der Waals surface area contributed by atoms with Gasteiger partial charge < -0.3 is 34.3 Å². The largest absolute Gasteiger partial charge is 1.00 e. The molecule has 0 N–H and O–H groups in total. The molecular formula is C7H9N2Rb3. The minimum Gasteiger partial charge on any atom is -0.663 e. The SMILES string of the molecule is CC.Cc1[c-]n[c-]n[c-]1.[Rb+].[Rb+].[Rb+]. The monoisotopic (exact) mass is 376 g/mol. The summed E-state index contributed by atoms with van der Waals surface area (Å²) in [7, 11) is 0. The van der Waals surface area contributed by atoms with Gasteiger partial charge in [-0.25, -0.2) is 0 Å². The van der Waals surface area contributed by atoms with Crippen LogP contribution >= 0.6 is 0 Å². The van der Waals surface area contributed by atoms with Gasteiger partial charge in [0.25, 0.3) is 0 Å². The van der Waals surface area contributed by atoms with Gasteiger partial charge in [0.05, 0.1) is 0 Å². The molecule has 0 aromatic carbocycles. The van der Waals surface area contributed by atoms with Crippen LogP contribution in [0.1, 0.15) is 19.4 Å². The van der Waals surface area contributed by atoms with E-state index in [2.05, 4.69) is 28.7 Å². The summed E-state index contributed by atoms with van der Waals surface area (Å²) in [6.07, 6.45) is 7.54. The van der Waals surface area contributed by atoms with Gasteiger partial charge in [0.1, 0.15) is 0 Å². The zero-order chi connectivity index (χ0) is 7.11. The van der Waals surface area contributed by atoms with E-state index in [4.69, 9.17) is 0 Å². The Bertz CT molecular complexity index is 147. The summed E-state index contributed by atoms with van der Waals surface area (Å²) in [5.41, 5.74) is 0.818. The van der Waals surface area contributed by atoms with Gasteiger partial charge in [-0.05, 0) is 0 Å². The third kappa shape index (κ3) is 16.9. The molecule has 0 saturated heterocycles. The predicted octanol–water partition coefficient (Wildman–Crippen LogP) is -7.78. The van der Waals surface area contributed by atoms with E-state index in [0.29, 0.717) is 0 Å². The van der Waals surface area contributed by atoms with E-state index in [1.54, 1.807) is 0 Å². The zero-order valence-electron chi connectivity index (χ0n) is 8.89. The average molecular weight is 378 g/mol. The van der Waals surface area contributed by atoms with Gasteiger partial charge in [-0.15, -0.1) is 6.92 Å². The van der Waals surface area contributed by atoms with Crippen LogP contribution in [0.4, 0.5) is 0 Å². The summed E-state index contributed by atoms with van der Waals surface area (Å²) in [5.74, 6) is 0. The van der Waals surface area contributed by atoms with E-state index in [1.807, 2.05) is 20.8 Å². The second kappa shape index (κ2) is 20.9. The van der Waals surface area contributed by atoms with Crippen LogP contribution in [0.25, 0.3) is 0 Å². The summed E-state index contributed by atoms with van der Waals surface area (Å²) in [5, 5.41) is 0. The number of aromatic nitrogens is 2. The zero-order valence-corrected chi connectivity index (χ0v) is 23.6. The molecule has 0 fully saturated rings. The van der Waals surface area contributed by atoms with Crippen LogP contribution < -0.4 is 175 Å². The van der Waals surface area contributed by atoms with Gasteiger partial charge in [0.2, 0.25) is 0 Å². The van der Waals surface area contributed by atoms with Crippen LogP contribution in [-0.2, 0) is 0 Å². The Balaban J connectivity index is -0.0000000600. The molecule has 0 bridgehead atoms. The molecular weight excluding hydrogens is 368 g/mol. The molecule has 0 aliphatic heterocycles. The topological polar surface area (TPSA) is 25.8 Å². The molecule has 0 saturated carbocycles. The summed E-state index contributed by atoms with van der Waals surface area (Å²) in [6.45, 7) is 5.83. The summed E-state index contributed by atoms with van der Waals surface area (Å²) >= 11 is 0. The van der Waals surface area contributed by atoms with Gasteiger partial charge in [0, 0.05) is 0 Å². The van der Waals surface area contributed by atoms with Crippen LogP contribution in [0.15, 0.2) is 0 Å². The van der Waals surface area contributed by atoms with Crippen molar-refractivity contribution in [1.82, 2.24) is 9.97 Å². The molecule has 1 rings (SSSR count). The molecule has 2 nitrogen and oxygen atoms in total. The van der Waals surface area contributed by atoms with Crippen molar-refractivity contribution in [3.05, 3.63) is 24.3 Å². The minimum atomic E-state index is 0. The molecule has 12 heavy (non-hydrogen) atoms. The second-order valence-corrected chi connectivity index (χ2v) is 1.17. The minimum absolute atomic E-state index is 0. The van der Waals surface area contributed by atoms with Crippen LogP contribution in [0.2, 0.25) is 0 Å². The standard InChI is InChI=1S/C5H3N2.C2H6.3Rb/c1-5-2-6-4-7-3-5;1-2;;;/h1H3;1-2H3;;;/q-3;;3*+1. The van der Waals surface area contributed by atoms with E-state index in [9.17, 15) is 0 Å². The maximum atomic E-state index is 3.49. The average Bonchev–Trinajstić information content (AvgIpc) is 1.94. The van der Waals surface area contributed by atoms with Gasteiger partial charge in [-0.3, -0.25) is 0 Å². The van der Waals surface area contributed by atoms with Crippen LogP contribution in [0.3, 0.4) is 0 Å². The first-order valence-electron chi connectivity index (χ1n) is 2.89. The summed E-state index contributed by atoms with van der Waals surface area (Å²) in [4.78, 5) is 6.98. The fourth-order valence-electron chi connectivity index (χ4n) is 0.268. The van der Waals surface area contributed by atoms with Crippen molar-refractivity contribution in [1.29, 1.82) is 0 Å². The Hall–Kier alpha value is 4.50. The Kier molecular flexibility index (Phi) is 44.1. The van der Waals surface area contributed by atoms with E-state index >= 15 is 0 Å². The van der Waals surface area contributed by atoms with E-state index < -0.39 is 0 Å². The second-order valence-electron chi connectivity index (χ2n) is 1.17. The number of rotatable bonds is 0. The first-order valence-corrected chi connectivity index (χ1v) is 2.89. The van der Waals surface area contributed by atoms with Crippen molar-refractivity contribution < 1.29 is 175 Å². The van der Waals surface area contributed by atoms with Crippen molar-refractivity contribution in [2.45, 2.75) is 20.8 Å². The predicted molar refractivity (Wildman–Crippen MR) is 34.6 cm³/mol. The molecule has 0 aliphatic rings. The third-order valence-electron chi connectivity index (χ3n) is 0.547. The molecule has 1 aromatic heterocycles. The molecule has 1 aromatic rings. The Morgan fingerprint density at radius 2 is 1.25 bits per heavy atom. The molecule has 0 amide bonds. The Morgan fingerprint density at radius 1 is 0.917 bits per heavy atom. The molecule has 0 aliphatic carbocycles. The first-order chi connectivity index (χ1) is 4.39. The van der Waals surface area contributed by atoms with Crippen molar-refractivity contribution in [2.75, 3.05) is 0 Å². The summed E-state index contributed by atoms with van der Waals surface area (Å²) < 4.78 is 0. The summed E-state index contributed by atoms with van der Waals surface area (Å²) in [6, 6.07) is 0. The molecule has 0 atom stereocenters. The number of nitrogens with zero attached hydrogens (tertiary/aromatic N) is 2. The van der Waals surface area contributed by atoms with Crippen LogP contribution in [-0.4, -0.2) is 9.97 Å². The molecule has 5 heteroatoms. The van der Waals surface area contributed by atoms with Gasteiger partial charge in [0.15, 0.2) is 0 Å². The van der Waals surface area contributed by atoms with E-state index in [-0.39, 0.29) is 175 Å². The van der Waals surface area contributed by atoms with Crippen molar-refractivity contribution in [3.63, 3.8) is 0 Å². The van der Waals surface area contributed by atoms with Crippen LogP contribution in [0.5, 0.6) is 0 Å². The molecule has 50 valence electrons. The van der Waals surface area contributed by atoms with Gasteiger partial charge in [-0.1, -0.05) is 13.8 Å². The normalized spacial score (nSPS) is 5.58. The Labute approximate surface area is 222 Å². The van der Waals surface area contributed by atoms with E-state index in [1.165, 1.54) is 0 Å². The van der Waals surface area contributed by atoms with Gasteiger partial charge in [-0.2, -0.15) is 0 Å². The maximum absolute atomic E-state index is 3.49. The smallest absolute Gasteiger partial charge is 0.663 e.